The highest BCUT2D eigenvalue weighted by molar-refractivity contribution is 8.04. The molecule has 1 fully saturated rings. The van der Waals surface area contributed by atoms with Gasteiger partial charge < -0.3 is 20.1 Å². The zero-order valence-corrected chi connectivity index (χ0v) is 20.2. The van der Waals surface area contributed by atoms with Gasteiger partial charge in [-0.2, -0.15) is 11.3 Å². The number of anilines is 1. The molecular formula is C25H23ClN2O3S2. The lowest BCUT2D eigenvalue weighted by Gasteiger charge is -2.39. The maximum Gasteiger partial charge on any atom is 0.262 e. The lowest BCUT2D eigenvalue weighted by Crippen LogP contribution is -2.50. The molecule has 0 saturated carbocycles. The fourth-order valence-corrected chi connectivity index (χ4v) is 6.16. The van der Waals surface area contributed by atoms with Gasteiger partial charge in [-0.15, -0.1) is 0 Å². The molecule has 1 aromatic heterocycles. The van der Waals surface area contributed by atoms with E-state index in [-0.39, 0.29) is 23.0 Å². The number of carbonyl (C=O) groups excluding carboxylic acids is 1. The van der Waals surface area contributed by atoms with Crippen molar-refractivity contribution in [2.24, 2.45) is 0 Å². The quantitative estimate of drug-likeness (QED) is 0.482. The predicted octanol–water partition coefficient (Wildman–Crippen LogP) is 5.56. The summed E-state index contributed by atoms with van der Waals surface area (Å²) in [6, 6.07) is 17.5. The van der Waals surface area contributed by atoms with E-state index in [4.69, 9.17) is 16.3 Å². The van der Waals surface area contributed by atoms with Crippen molar-refractivity contribution in [2.45, 2.75) is 16.9 Å². The van der Waals surface area contributed by atoms with Crippen LogP contribution in [0.15, 0.2) is 80.9 Å². The maximum atomic E-state index is 13.4. The monoisotopic (exact) mass is 498 g/mol. The van der Waals surface area contributed by atoms with E-state index < -0.39 is 5.54 Å². The summed E-state index contributed by atoms with van der Waals surface area (Å²) in [6.45, 7) is 3.04. The number of nitrogens with one attached hydrogen (secondary N) is 1. The average Bonchev–Trinajstić information content (AvgIpc) is 3.39. The number of nitrogens with zero attached hydrogens (tertiary/aromatic N) is 1. The van der Waals surface area contributed by atoms with E-state index in [0.29, 0.717) is 18.2 Å². The molecule has 1 atom stereocenters. The Morgan fingerprint density at radius 1 is 1.09 bits per heavy atom. The molecule has 2 aliphatic rings. The molecule has 0 radical (unpaired) electrons. The number of hydrogen-bond donors (Lipinski definition) is 2. The Labute approximate surface area is 206 Å². The standard InChI is InChI=1S/C25H23ClN2O3S2/c26-20-6-1-2-7-22(20)33-23-21(29)15-25(27-24(23)30,18-8-13-32-16-18)17-4-3-5-19(14-17)28-9-11-31-12-10-28/h1-8,13-14,16,29H,9-12,15H2,(H,27,30)/t25-/m1/s1. The summed E-state index contributed by atoms with van der Waals surface area (Å²) in [4.78, 5) is 16.7. The zero-order chi connectivity index (χ0) is 22.8. The molecule has 170 valence electrons. The van der Waals surface area contributed by atoms with Gasteiger partial charge in [-0.25, -0.2) is 0 Å². The summed E-state index contributed by atoms with van der Waals surface area (Å²) in [6.07, 6.45) is 0.259. The van der Waals surface area contributed by atoms with Crippen LogP contribution in [0.25, 0.3) is 0 Å². The van der Waals surface area contributed by atoms with E-state index in [1.54, 1.807) is 17.4 Å². The Morgan fingerprint density at radius 3 is 2.64 bits per heavy atom. The van der Waals surface area contributed by atoms with Crippen molar-refractivity contribution < 1.29 is 14.6 Å². The number of morpholine rings is 1. The molecule has 2 aromatic carbocycles. The van der Waals surface area contributed by atoms with Gasteiger partial charge in [-0.05, 0) is 52.2 Å². The molecule has 3 aromatic rings. The molecule has 0 unspecified atom stereocenters. The molecule has 0 spiro atoms. The van der Waals surface area contributed by atoms with Crippen molar-refractivity contribution in [3.63, 3.8) is 0 Å². The summed E-state index contributed by atoms with van der Waals surface area (Å²) in [7, 11) is 0. The van der Waals surface area contributed by atoms with Crippen LogP contribution in [0.5, 0.6) is 0 Å². The number of benzene rings is 2. The molecule has 0 bridgehead atoms. The van der Waals surface area contributed by atoms with E-state index in [0.717, 1.165) is 34.8 Å². The van der Waals surface area contributed by atoms with E-state index in [2.05, 4.69) is 22.3 Å². The second-order valence-corrected chi connectivity index (χ2v) is 10.2. The summed E-state index contributed by atoms with van der Waals surface area (Å²) in [5, 5.41) is 18.9. The van der Waals surface area contributed by atoms with Gasteiger partial charge in [0.05, 0.1) is 23.8 Å². The lowest BCUT2D eigenvalue weighted by atomic mass is 9.79. The fraction of sp³-hybridized carbons (Fsp3) is 0.240. The molecule has 33 heavy (non-hydrogen) atoms. The molecule has 8 heteroatoms. The minimum absolute atomic E-state index is 0.0617. The smallest absolute Gasteiger partial charge is 0.262 e. The van der Waals surface area contributed by atoms with Gasteiger partial charge in [0.25, 0.3) is 5.91 Å². The van der Waals surface area contributed by atoms with Crippen LogP contribution in [0, 0.1) is 0 Å². The number of amides is 1. The number of rotatable bonds is 5. The summed E-state index contributed by atoms with van der Waals surface area (Å²) >= 11 is 9.05. The van der Waals surface area contributed by atoms with E-state index in [1.807, 2.05) is 47.2 Å². The first-order valence-corrected chi connectivity index (χ1v) is 12.8. The van der Waals surface area contributed by atoms with Crippen LogP contribution < -0.4 is 10.2 Å². The number of halogens is 1. The van der Waals surface area contributed by atoms with Gasteiger partial charge in [0.1, 0.15) is 10.7 Å². The van der Waals surface area contributed by atoms with E-state index in [1.165, 1.54) is 11.8 Å². The third kappa shape index (κ3) is 4.38. The third-order valence-electron chi connectivity index (χ3n) is 6.01. The van der Waals surface area contributed by atoms with Crippen molar-refractivity contribution in [3.8, 4) is 0 Å². The molecule has 1 amide bonds. The van der Waals surface area contributed by atoms with Crippen LogP contribution in [0.3, 0.4) is 0 Å². The highest BCUT2D eigenvalue weighted by atomic mass is 35.5. The molecule has 1 saturated heterocycles. The minimum Gasteiger partial charge on any atom is -0.511 e. The van der Waals surface area contributed by atoms with Crippen molar-refractivity contribution in [3.05, 3.63) is 92.2 Å². The second kappa shape index (κ2) is 9.43. The highest BCUT2D eigenvalue weighted by Crippen LogP contribution is 2.44. The Hall–Kier alpha value is -2.45. The Balaban J connectivity index is 1.54. The Morgan fingerprint density at radius 2 is 1.91 bits per heavy atom. The zero-order valence-electron chi connectivity index (χ0n) is 17.8. The summed E-state index contributed by atoms with van der Waals surface area (Å²) < 4.78 is 5.50. The van der Waals surface area contributed by atoms with Gasteiger partial charge in [0, 0.05) is 30.1 Å². The fourth-order valence-electron chi connectivity index (χ4n) is 4.31. The normalized spacial score (nSPS) is 21.2. The Kier molecular flexibility index (Phi) is 6.38. The van der Waals surface area contributed by atoms with Gasteiger partial charge in [-0.3, -0.25) is 4.79 Å². The number of carbonyl (C=O) groups is 1. The van der Waals surface area contributed by atoms with Crippen LogP contribution in [0.2, 0.25) is 5.02 Å². The van der Waals surface area contributed by atoms with E-state index >= 15 is 0 Å². The van der Waals surface area contributed by atoms with Crippen LogP contribution >= 0.6 is 34.7 Å². The number of aliphatic hydroxyl groups is 1. The summed E-state index contributed by atoms with van der Waals surface area (Å²) in [5.41, 5.74) is 2.12. The maximum absolute atomic E-state index is 13.4. The molecule has 5 rings (SSSR count). The number of ether oxygens (including phenoxy) is 1. The van der Waals surface area contributed by atoms with Crippen molar-refractivity contribution in [1.82, 2.24) is 5.32 Å². The third-order valence-corrected chi connectivity index (χ3v) is 8.33. The van der Waals surface area contributed by atoms with Crippen LogP contribution in [-0.4, -0.2) is 37.3 Å². The first-order chi connectivity index (χ1) is 16.1. The number of thiophene rings is 1. The van der Waals surface area contributed by atoms with Gasteiger partial charge in [0.2, 0.25) is 0 Å². The van der Waals surface area contributed by atoms with Gasteiger partial charge >= 0.3 is 0 Å². The topological polar surface area (TPSA) is 61.8 Å². The number of hydrogen-bond acceptors (Lipinski definition) is 6. The van der Waals surface area contributed by atoms with Crippen LogP contribution in [-0.2, 0) is 15.1 Å². The summed E-state index contributed by atoms with van der Waals surface area (Å²) in [5.74, 6) is -0.252. The molecule has 2 aliphatic heterocycles. The molecule has 2 N–H and O–H groups in total. The Bertz CT molecular complexity index is 1190. The van der Waals surface area contributed by atoms with Crippen LogP contribution in [0.4, 0.5) is 5.69 Å². The minimum atomic E-state index is -0.853. The number of thioether (sulfide) groups is 1. The molecule has 3 heterocycles. The van der Waals surface area contributed by atoms with Gasteiger partial charge in [-0.1, -0.05) is 47.6 Å². The SMILES string of the molecule is O=C1N[C@@](c2ccsc2)(c2cccc(N3CCOCC3)c2)CC(O)=C1Sc1ccccc1Cl. The second-order valence-electron chi connectivity index (χ2n) is 8.01. The molecule has 0 aliphatic carbocycles. The predicted molar refractivity (Wildman–Crippen MR) is 134 cm³/mol. The highest BCUT2D eigenvalue weighted by Gasteiger charge is 2.43. The van der Waals surface area contributed by atoms with Crippen molar-refractivity contribution in [1.29, 1.82) is 0 Å². The molecule has 5 nitrogen and oxygen atoms in total. The van der Waals surface area contributed by atoms with Gasteiger partial charge in [0.15, 0.2) is 0 Å². The number of aliphatic hydroxyl groups excluding tert-OH is 1. The van der Waals surface area contributed by atoms with E-state index in [9.17, 15) is 9.90 Å². The van der Waals surface area contributed by atoms with Crippen LogP contribution in [0.1, 0.15) is 17.5 Å². The lowest BCUT2D eigenvalue weighted by molar-refractivity contribution is -0.119. The van der Waals surface area contributed by atoms with Crippen molar-refractivity contribution in [2.75, 3.05) is 31.2 Å². The van der Waals surface area contributed by atoms with Crippen molar-refractivity contribution >= 4 is 46.3 Å². The largest absolute Gasteiger partial charge is 0.511 e. The average molecular weight is 499 g/mol. The molecular weight excluding hydrogens is 476 g/mol. The first-order valence-electron chi connectivity index (χ1n) is 10.7. The first kappa shape index (κ1) is 22.3.